The van der Waals surface area contributed by atoms with Crippen LogP contribution in [0.5, 0.6) is 0 Å². The Morgan fingerprint density at radius 1 is 0.0608 bits per heavy atom. The van der Waals surface area contributed by atoms with Crippen molar-refractivity contribution in [1.82, 2.24) is 0 Å². The molecule has 1 aliphatic rings. The highest BCUT2D eigenvalue weighted by Crippen LogP contribution is 2.61. The van der Waals surface area contributed by atoms with Crippen molar-refractivity contribution in [3.05, 3.63) is 629 Å². The zero-order valence-corrected chi connectivity index (χ0v) is 81.7. The molecule has 0 spiro atoms. The van der Waals surface area contributed by atoms with E-state index in [1.165, 1.54) is 44.5 Å². The van der Waals surface area contributed by atoms with E-state index in [-0.39, 0.29) is 0 Å². The van der Waals surface area contributed by atoms with Crippen LogP contribution in [-0.4, -0.2) is 0 Å². The van der Waals surface area contributed by atoms with Crippen molar-refractivity contribution in [1.29, 1.82) is 0 Å². The van der Waals surface area contributed by atoms with E-state index in [1.807, 2.05) is 0 Å². The van der Waals surface area contributed by atoms with Crippen LogP contribution in [0.3, 0.4) is 0 Å². The molecule has 0 atom stereocenters. The molecular formula is C148H100. The molecule has 692 valence electrons. The van der Waals surface area contributed by atoms with Crippen LogP contribution >= 0.6 is 0 Å². The van der Waals surface area contributed by atoms with Crippen LogP contribution in [0, 0.1) is 0 Å². The Kier molecular flexibility index (Phi) is 24.7. The second-order valence-electron chi connectivity index (χ2n) is 38.1. The lowest BCUT2D eigenvalue weighted by Crippen LogP contribution is -2.11. The van der Waals surface area contributed by atoms with Gasteiger partial charge >= 0.3 is 0 Å². The lowest BCUT2D eigenvalue weighted by Gasteiger charge is -2.34. The van der Waals surface area contributed by atoms with Crippen LogP contribution in [0.4, 0.5) is 0 Å². The van der Waals surface area contributed by atoms with Gasteiger partial charge in [-0.1, -0.05) is 582 Å². The van der Waals surface area contributed by atoms with E-state index in [4.69, 9.17) is 0 Å². The van der Waals surface area contributed by atoms with Gasteiger partial charge in [-0.3, -0.25) is 0 Å². The molecule has 0 aliphatic heterocycles. The van der Waals surface area contributed by atoms with E-state index in [1.54, 1.807) is 0 Å². The standard InChI is InChI=1S/C148H100/c1-17-49-101(50-18-1)125-97-129(137(113-65-33-9-34-66-113)141(117-73-41-13-42-74-117)133(125)109-57-25-5-26-58-109)105-81-89-121(90-82-105)145-146(122-91-83-106(84-92-122)130-98-126(102-51-19-2-20-52-102)134(110-59-27-6-28-60-110)142(118-75-43-14-44-76-118)138(130)114-67-35-10-36-68-114)148(124-95-87-108(88-96-124)132-100-128(104-55-23-4-24-56-104)136(112-63-31-8-32-64-112)144(120-79-47-16-48-80-120)140(132)116-71-39-12-40-72-116)147(145)123-93-85-107(86-94-123)131-99-127(103-53-21-3-22-54-103)135(111-61-29-7-30-62-111)143(119-77-45-15-46-78-119)139(131)115-69-37-11-38-70-115/h1-100H. The third kappa shape index (κ3) is 17.3. The van der Waals surface area contributed by atoms with Gasteiger partial charge < -0.3 is 0 Å². The van der Waals surface area contributed by atoms with Crippen molar-refractivity contribution >= 4 is 22.3 Å². The van der Waals surface area contributed by atoms with Gasteiger partial charge in [0.25, 0.3) is 0 Å². The molecule has 0 amide bonds. The molecule has 24 aromatic carbocycles. The van der Waals surface area contributed by atoms with Crippen molar-refractivity contribution in [2.24, 2.45) is 0 Å². The van der Waals surface area contributed by atoms with Crippen LogP contribution in [0.25, 0.3) is 245 Å². The smallest absolute Gasteiger partial charge is 0.00139 e. The third-order valence-corrected chi connectivity index (χ3v) is 29.3. The summed E-state index contributed by atoms with van der Waals surface area (Å²) in [7, 11) is 0. The van der Waals surface area contributed by atoms with Gasteiger partial charge in [0.1, 0.15) is 0 Å². The molecule has 0 heterocycles. The molecule has 0 fully saturated rings. The van der Waals surface area contributed by atoms with Gasteiger partial charge in [-0.05, 0) is 291 Å². The summed E-state index contributed by atoms with van der Waals surface area (Å²) in [6, 6.07) is 225. The lowest BCUT2D eigenvalue weighted by molar-refractivity contribution is 1.49. The average Bonchev–Trinajstić information content (AvgIpc) is 0.703. The maximum atomic E-state index is 2.48. The van der Waals surface area contributed by atoms with Crippen molar-refractivity contribution in [2.75, 3.05) is 0 Å². The fourth-order valence-electron chi connectivity index (χ4n) is 22.7. The summed E-state index contributed by atoms with van der Waals surface area (Å²) < 4.78 is 0. The van der Waals surface area contributed by atoms with E-state index in [0.717, 1.165) is 223 Å². The first-order valence-corrected chi connectivity index (χ1v) is 51.2. The minimum atomic E-state index is 1.09. The van der Waals surface area contributed by atoms with Crippen LogP contribution in [0.15, 0.2) is 607 Å². The molecule has 0 saturated carbocycles. The number of hydrogen-bond donors (Lipinski definition) is 0. The molecule has 0 nitrogen and oxygen atoms in total. The quantitative estimate of drug-likeness (QED) is 0.0566. The predicted octanol–water partition coefficient (Wildman–Crippen LogP) is 40.6. The lowest BCUT2D eigenvalue weighted by atomic mass is 9.69. The average molecular weight is 1880 g/mol. The van der Waals surface area contributed by atoms with Crippen molar-refractivity contribution in [3.63, 3.8) is 0 Å². The Hall–Kier alpha value is -19.2. The minimum absolute atomic E-state index is 1.09. The Balaban J connectivity index is 0.762. The molecule has 148 heavy (non-hydrogen) atoms. The van der Waals surface area contributed by atoms with Gasteiger partial charge in [-0.25, -0.2) is 0 Å². The zero-order chi connectivity index (χ0) is 98.4. The molecule has 0 unspecified atom stereocenters. The van der Waals surface area contributed by atoms with E-state index in [2.05, 4.69) is 607 Å². The number of hydrogen-bond acceptors (Lipinski definition) is 0. The van der Waals surface area contributed by atoms with Crippen LogP contribution in [0.1, 0.15) is 22.3 Å². The second-order valence-corrected chi connectivity index (χ2v) is 38.1. The largest absolute Gasteiger partial charge is 0.0622 e. The summed E-state index contributed by atoms with van der Waals surface area (Å²) in [5.41, 5.74) is 54.8. The Morgan fingerprint density at radius 3 is 0.250 bits per heavy atom. The van der Waals surface area contributed by atoms with Crippen LogP contribution < -0.4 is 0 Å². The number of allylic oxidation sites excluding steroid dienone is 4. The number of rotatable bonds is 24. The highest BCUT2D eigenvalue weighted by molar-refractivity contribution is 6.43. The molecular weight excluding hydrogens is 1780 g/mol. The highest BCUT2D eigenvalue weighted by atomic mass is 14.4. The Morgan fingerprint density at radius 2 is 0.142 bits per heavy atom. The van der Waals surface area contributed by atoms with E-state index < -0.39 is 0 Å². The summed E-state index contributed by atoms with van der Waals surface area (Å²) in [6.45, 7) is 0. The van der Waals surface area contributed by atoms with Gasteiger partial charge in [0, 0.05) is 0 Å². The first-order valence-electron chi connectivity index (χ1n) is 51.2. The second kappa shape index (κ2) is 40.6. The molecule has 24 aromatic rings. The maximum absolute atomic E-state index is 2.48. The van der Waals surface area contributed by atoms with Gasteiger partial charge in [0.2, 0.25) is 0 Å². The van der Waals surface area contributed by atoms with Gasteiger partial charge in [0.15, 0.2) is 0 Å². The summed E-state index contributed by atoms with van der Waals surface area (Å²) in [5.74, 6) is 0. The number of benzene rings is 24. The molecule has 0 bridgehead atoms. The summed E-state index contributed by atoms with van der Waals surface area (Å²) >= 11 is 0. The Bertz CT molecular complexity index is 7870. The normalized spacial score (nSPS) is 11.7. The fourth-order valence-corrected chi connectivity index (χ4v) is 22.7. The van der Waals surface area contributed by atoms with Crippen molar-refractivity contribution in [2.45, 2.75) is 0 Å². The molecule has 1 aliphatic carbocycles. The SMILES string of the molecule is c1ccc(-c2cc(-c3ccc(C4=C(c5ccc(-c6cc(-c7ccccc7)c(-c7ccccc7)c(-c7ccccc7)c6-c6ccccc6)cc5)C(c5ccc(-c6cc(-c7ccccc7)c(-c7ccccc7)c(-c7ccccc7)c6-c6ccccc6)cc5)=C4c4ccc(-c5cc(-c6ccccc6)c(-c6ccccc6)c(-c6ccccc6)c5-c5ccccc5)cc4)cc3)c(-c3ccccc3)c(-c3ccccc3)c2-c2ccccc2)cc1. The van der Waals surface area contributed by atoms with Gasteiger partial charge in [-0.15, -0.1) is 0 Å². The van der Waals surface area contributed by atoms with Crippen molar-refractivity contribution in [3.8, 4) is 223 Å². The molecule has 0 saturated heterocycles. The molecule has 0 N–H and O–H groups in total. The molecule has 25 rings (SSSR count). The topological polar surface area (TPSA) is 0 Å². The molecule has 0 aromatic heterocycles. The fraction of sp³-hybridized carbons (Fsp3) is 0. The monoisotopic (exact) mass is 1880 g/mol. The highest BCUT2D eigenvalue weighted by Gasteiger charge is 2.37. The van der Waals surface area contributed by atoms with Gasteiger partial charge in [-0.2, -0.15) is 0 Å². The molecule has 0 heteroatoms. The summed E-state index contributed by atoms with van der Waals surface area (Å²) in [4.78, 5) is 0. The van der Waals surface area contributed by atoms with Crippen molar-refractivity contribution < 1.29 is 0 Å². The van der Waals surface area contributed by atoms with Crippen LogP contribution in [0.2, 0.25) is 0 Å². The Labute approximate surface area is 867 Å². The zero-order valence-electron chi connectivity index (χ0n) is 81.7. The first kappa shape index (κ1) is 90.1. The minimum Gasteiger partial charge on any atom is -0.0622 e. The van der Waals surface area contributed by atoms with E-state index >= 15 is 0 Å². The maximum Gasteiger partial charge on any atom is -0.00139 e. The van der Waals surface area contributed by atoms with Crippen LogP contribution in [-0.2, 0) is 0 Å². The summed E-state index contributed by atoms with van der Waals surface area (Å²) in [5, 5.41) is 0. The third-order valence-electron chi connectivity index (χ3n) is 29.3. The molecule has 0 radical (unpaired) electrons. The first-order chi connectivity index (χ1) is 73.5. The summed E-state index contributed by atoms with van der Waals surface area (Å²) in [6.07, 6.45) is 0. The van der Waals surface area contributed by atoms with Gasteiger partial charge in [0.05, 0.1) is 0 Å². The van der Waals surface area contributed by atoms with E-state index in [0.29, 0.717) is 0 Å². The predicted molar refractivity (Wildman–Crippen MR) is 628 cm³/mol. The van der Waals surface area contributed by atoms with E-state index in [9.17, 15) is 0 Å².